The molecule has 0 aliphatic carbocycles. The lowest BCUT2D eigenvalue weighted by atomic mass is 10.1. The highest BCUT2D eigenvalue weighted by Gasteiger charge is 2.16. The molecule has 0 spiro atoms. The van der Waals surface area contributed by atoms with Gasteiger partial charge in [0.05, 0.1) is 11.5 Å². The Bertz CT molecular complexity index is 522. The minimum absolute atomic E-state index is 0.300. The van der Waals surface area contributed by atoms with Gasteiger partial charge in [-0.25, -0.2) is 8.42 Å². The van der Waals surface area contributed by atoms with Gasteiger partial charge in [0, 0.05) is 6.54 Å². The number of hydrogen-bond donors (Lipinski definition) is 0. The molecular weight excluding hydrogens is 306 g/mol. The number of aryl methyl sites for hydroxylation is 1. The van der Waals surface area contributed by atoms with Crippen LogP contribution < -0.4 is 0 Å². The molecule has 1 aromatic carbocycles. The van der Waals surface area contributed by atoms with Gasteiger partial charge in [0.2, 0.25) is 0 Å². The molecular formula is C15H23NO3S2. The number of benzene rings is 1. The van der Waals surface area contributed by atoms with Gasteiger partial charge in [-0.1, -0.05) is 24.1 Å². The van der Waals surface area contributed by atoms with Crippen molar-refractivity contribution in [3.8, 4) is 0 Å². The van der Waals surface area contributed by atoms with Crippen LogP contribution in [0.15, 0.2) is 29.2 Å². The summed E-state index contributed by atoms with van der Waals surface area (Å²) in [5.41, 5.74) is 1.04. The summed E-state index contributed by atoms with van der Waals surface area (Å²) in [6.45, 7) is 5.71. The summed E-state index contributed by atoms with van der Waals surface area (Å²) in [4.78, 5) is 2.72. The van der Waals surface area contributed by atoms with Crippen LogP contribution in [0, 0.1) is 6.92 Å². The highest BCUT2D eigenvalue weighted by atomic mass is 33.1. The van der Waals surface area contributed by atoms with E-state index in [9.17, 15) is 8.42 Å². The quantitative estimate of drug-likeness (QED) is 0.437. The second-order valence-corrected chi connectivity index (χ2v) is 8.89. The first-order chi connectivity index (χ1) is 10.1. The minimum atomic E-state index is -3.40. The van der Waals surface area contributed by atoms with E-state index in [0.29, 0.717) is 22.6 Å². The van der Waals surface area contributed by atoms with E-state index in [1.807, 2.05) is 6.92 Å². The fraction of sp³-hybridized carbons (Fsp3) is 0.600. The predicted molar refractivity (Wildman–Crippen MR) is 86.8 cm³/mol. The Morgan fingerprint density at radius 2 is 1.81 bits per heavy atom. The maximum Gasteiger partial charge on any atom is 0.255 e. The van der Waals surface area contributed by atoms with Gasteiger partial charge < -0.3 is 9.08 Å². The first-order valence-corrected chi connectivity index (χ1v) is 10.2. The molecule has 2 rings (SSSR count). The lowest BCUT2D eigenvalue weighted by Gasteiger charge is -2.26. The van der Waals surface area contributed by atoms with E-state index in [4.69, 9.17) is 4.18 Å². The fourth-order valence-corrected chi connectivity index (χ4v) is 4.39. The van der Waals surface area contributed by atoms with Gasteiger partial charge >= 0.3 is 0 Å². The molecule has 1 saturated heterocycles. The molecule has 0 atom stereocenters. The third-order valence-corrected chi connectivity index (χ3v) is 6.29. The fourth-order valence-electron chi connectivity index (χ4n) is 2.37. The van der Waals surface area contributed by atoms with Gasteiger partial charge in [-0.3, -0.25) is 0 Å². The molecule has 1 aliphatic heterocycles. The van der Waals surface area contributed by atoms with Crippen molar-refractivity contribution in [3.63, 3.8) is 0 Å². The molecule has 4 nitrogen and oxygen atoms in total. The van der Waals surface area contributed by atoms with E-state index in [-0.39, 0.29) is 0 Å². The van der Waals surface area contributed by atoms with E-state index in [1.165, 1.54) is 19.3 Å². The molecule has 118 valence electrons. The smallest absolute Gasteiger partial charge is 0.255 e. The first kappa shape index (κ1) is 16.8. The second-order valence-electron chi connectivity index (χ2n) is 5.41. The average molecular weight is 329 g/mol. The Kier molecular flexibility index (Phi) is 6.54. The summed E-state index contributed by atoms with van der Waals surface area (Å²) >= 11 is 0.578. The third kappa shape index (κ3) is 5.62. The molecule has 0 N–H and O–H groups in total. The molecule has 0 amide bonds. The summed E-state index contributed by atoms with van der Waals surface area (Å²) < 4.78 is 29.3. The summed E-state index contributed by atoms with van der Waals surface area (Å²) in [5.74, 6) is 0. The molecule has 0 radical (unpaired) electrons. The molecule has 1 aliphatic rings. The molecule has 0 saturated carbocycles. The van der Waals surface area contributed by atoms with Crippen LogP contribution in [0.4, 0.5) is 0 Å². The van der Waals surface area contributed by atoms with Crippen molar-refractivity contribution in [2.24, 2.45) is 0 Å². The van der Waals surface area contributed by atoms with Gasteiger partial charge in [0.25, 0.3) is 8.87 Å². The summed E-state index contributed by atoms with van der Waals surface area (Å²) in [7, 11) is -3.40. The predicted octanol–water partition coefficient (Wildman–Crippen LogP) is 3.22. The average Bonchev–Trinajstić information content (AvgIpc) is 2.48. The molecule has 1 aromatic rings. The normalized spacial score (nSPS) is 17.0. The zero-order chi connectivity index (χ0) is 15.1. The number of likely N-dealkylation sites (tertiary alicyclic amines) is 1. The summed E-state index contributed by atoms with van der Waals surface area (Å²) in [6, 6.07) is 6.83. The summed E-state index contributed by atoms with van der Waals surface area (Å²) in [5, 5.41) is 0. The standard InChI is InChI=1S/C15H23NO3S2/c1-14-6-8-15(9-7-14)21(17,18)20-19-13-5-12-16-10-3-2-4-11-16/h6-9H,2-5,10-13H2,1H3. The number of rotatable bonds is 7. The van der Waals surface area contributed by atoms with E-state index < -0.39 is 8.87 Å². The van der Waals surface area contributed by atoms with Gasteiger partial charge in [-0.15, -0.1) is 0 Å². The summed E-state index contributed by atoms with van der Waals surface area (Å²) in [6.07, 6.45) is 4.75. The Labute approximate surface area is 131 Å². The number of hydrogen-bond acceptors (Lipinski definition) is 5. The van der Waals surface area contributed by atoms with Crippen molar-refractivity contribution in [2.75, 3.05) is 26.2 Å². The SMILES string of the molecule is Cc1ccc(S(=O)(=O)SOCCCN2CCCCC2)cc1. The zero-order valence-electron chi connectivity index (χ0n) is 12.5. The van der Waals surface area contributed by atoms with Crippen LogP contribution in [-0.4, -0.2) is 39.6 Å². The molecule has 1 fully saturated rings. The third-order valence-electron chi connectivity index (χ3n) is 3.60. The van der Waals surface area contributed by atoms with Crippen LogP contribution in [0.3, 0.4) is 0 Å². The van der Waals surface area contributed by atoms with E-state index in [0.717, 1.165) is 31.6 Å². The van der Waals surface area contributed by atoms with Gasteiger partial charge in [0.15, 0.2) is 0 Å². The van der Waals surface area contributed by atoms with Crippen LogP contribution in [0.1, 0.15) is 31.2 Å². The number of nitrogens with zero attached hydrogens (tertiary/aromatic N) is 1. The molecule has 1 heterocycles. The lowest BCUT2D eigenvalue weighted by Crippen LogP contribution is -2.31. The van der Waals surface area contributed by atoms with Gasteiger partial charge in [-0.05, 0) is 51.4 Å². The topological polar surface area (TPSA) is 46.6 Å². The maximum absolute atomic E-state index is 12.0. The van der Waals surface area contributed by atoms with Crippen molar-refractivity contribution in [1.82, 2.24) is 4.90 Å². The van der Waals surface area contributed by atoms with E-state index in [2.05, 4.69) is 4.90 Å². The van der Waals surface area contributed by atoms with E-state index >= 15 is 0 Å². The van der Waals surface area contributed by atoms with Crippen LogP contribution >= 0.6 is 11.1 Å². The van der Waals surface area contributed by atoms with Crippen molar-refractivity contribution in [2.45, 2.75) is 37.5 Å². The van der Waals surface area contributed by atoms with Crippen LogP contribution in [-0.2, 0) is 13.1 Å². The molecule has 0 aromatic heterocycles. The first-order valence-electron chi connectivity index (χ1n) is 7.43. The monoisotopic (exact) mass is 329 g/mol. The Morgan fingerprint density at radius 3 is 2.48 bits per heavy atom. The maximum atomic E-state index is 12.0. The molecule has 0 bridgehead atoms. The lowest BCUT2D eigenvalue weighted by molar-refractivity contribution is 0.212. The van der Waals surface area contributed by atoms with Crippen LogP contribution in [0.2, 0.25) is 0 Å². The largest absolute Gasteiger partial charge is 0.303 e. The minimum Gasteiger partial charge on any atom is -0.303 e. The van der Waals surface area contributed by atoms with Crippen molar-refractivity contribution < 1.29 is 12.6 Å². The van der Waals surface area contributed by atoms with Crippen LogP contribution in [0.5, 0.6) is 0 Å². The molecule has 21 heavy (non-hydrogen) atoms. The highest BCUT2D eigenvalue weighted by molar-refractivity contribution is 8.70. The highest BCUT2D eigenvalue weighted by Crippen LogP contribution is 2.24. The Balaban J connectivity index is 1.68. The van der Waals surface area contributed by atoms with Crippen LogP contribution in [0.25, 0.3) is 0 Å². The van der Waals surface area contributed by atoms with Crippen molar-refractivity contribution >= 4 is 19.9 Å². The second kappa shape index (κ2) is 8.17. The Morgan fingerprint density at radius 1 is 1.14 bits per heavy atom. The Hall–Kier alpha value is -0.560. The van der Waals surface area contributed by atoms with Crippen molar-refractivity contribution in [1.29, 1.82) is 0 Å². The van der Waals surface area contributed by atoms with Gasteiger partial charge in [0.1, 0.15) is 11.1 Å². The zero-order valence-corrected chi connectivity index (χ0v) is 14.1. The van der Waals surface area contributed by atoms with E-state index in [1.54, 1.807) is 24.3 Å². The van der Waals surface area contributed by atoms with Gasteiger partial charge in [-0.2, -0.15) is 0 Å². The molecule has 0 unspecified atom stereocenters. The number of piperidine rings is 1. The van der Waals surface area contributed by atoms with Crippen molar-refractivity contribution in [3.05, 3.63) is 29.8 Å². The molecule has 6 heteroatoms.